The molecule has 0 radical (unpaired) electrons. The molecule has 1 N–H and O–H groups in total. The average molecular weight is 322 g/mol. The third-order valence-corrected chi connectivity index (χ3v) is 4.52. The fourth-order valence-electron chi connectivity index (χ4n) is 3.39. The van der Waals surface area contributed by atoms with E-state index in [0.717, 1.165) is 37.9 Å². The van der Waals surface area contributed by atoms with Gasteiger partial charge in [-0.15, -0.1) is 0 Å². The van der Waals surface area contributed by atoms with Gasteiger partial charge in [0.1, 0.15) is 0 Å². The summed E-state index contributed by atoms with van der Waals surface area (Å²) < 4.78 is 0. The van der Waals surface area contributed by atoms with Crippen molar-refractivity contribution in [3.8, 4) is 0 Å². The van der Waals surface area contributed by atoms with Crippen LogP contribution in [-0.2, 0) is 12.8 Å². The molecule has 0 saturated heterocycles. The molecule has 0 bridgehead atoms. The van der Waals surface area contributed by atoms with Crippen molar-refractivity contribution in [1.82, 2.24) is 5.32 Å². The second kappa shape index (κ2) is 7.52. The maximum Gasteiger partial charge on any atom is 0.251 e. The first-order chi connectivity index (χ1) is 11.6. The maximum absolute atomic E-state index is 12.5. The molecule has 2 aromatic rings. The minimum Gasteiger partial charge on any atom is -0.371 e. The van der Waals surface area contributed by atoms with Crippen LogP contribution in [0.25, 0.3) is 0 Å². The molecule has 0 fully saturated rings. The first-order valence-corrected chi connectivity index (χ1v) is 8.87. The summed E-state index contributed by atoms with van der Waals surface area (Å²) in [5.74, 6) is 0.0479. The molecule has 0 aliphatic carbocycles. The number of carbonyl (C=O) groups excluding carboxylic acids is 1. The van der Waals surface area contributed by atoms with Crippen LogP contribution in [0.2, 0.25) is 0 Å². The Morgan fingerprint density at radius 3 is 2.67 bits per heavy atom. The summed E-state index contributed by atoms with van der Waals surface area (Å²) in [6, 6.07) is 16.9. The number of carbonyl (C=O) groups is 1. The predicted octanol–water partition coefficient (Wildman–Crippen LogP) is 3.82. The van der Waals surface area contributed by atoms with Gasteiger partial charge in [0.25, 0.3) is 5.91 Å². The van der Waals surface area contributed by atoms with Crippen LogP contribution < -0.4 is 10.2 Å². The molecular weight excluding hydrogens is 296 g/mol. The number of nitrogens with zero attached hydrogens (tertiary/aromatic N) is 1. The molecule has 0 aromatic heterocycles. The number of amides is 1. The van der Waals surface area contributed by atoms with Crippen molar-refractivity contribution in [3.63, 3.8) is 0 Å². The smallest absolute Gasteiger partial charge is 0.251 e. The largest absolute Gasteiger partial charge is 0.371 e. The Hall–Kier alpha value is -2.29. The Morgan fingerprint density at radius 1 is 1.12 bits per heavy atom. The van der Waals surface area contributed by atoms with Crippen LogP contribution in [0.3, 0.4) is 0 Å². The summed E-state index contributed by atoms with van der Waals surface area (Å²) in [6.07, 6.45) is 3.12. The van der Waals surface area contributed by atoms with E-state index < -0.39 is 0 Å². The minimum atomic E-state index is 0.0479. The molecule has 1 aliphatic heterocycles. The lowest BCUT2D eigenvalue weighted by Crippen LogP contribution is -2.35. The lowest BCUT2D eigenvalue weighted by molar-refractivity contribution is 0.0942. The molecule has 126 valence electrons. The Labute approximate surface area is 144 Å². The zero-order chi connectivity index (χ0) is 16.9. The molecule has 3 rings (SSSR count). The highest BCUT2D eigenvalue weighted by atomic mass is 16.1. The molecule has 1 amide bonds. The monoisotopic (exact) mass is 322 g/mol. The Morgan fingerprint density at radius 2 is 1.92 bits per heavy atom. The van der Waals surface area contributed by atoms with E-state index in [0.29, 0.717) is 0 Å². The summed E-state index contributed by atoms with van der Waals surface area (Å²) in [7, 11) is 0. The van der Waals surface area contributed by atoms with Crippen molar-refractivity contribution in [2.75, 3.05) is 18.0 Å². The van der Waals surface area contributed by atoms with Crippen molar-refractivity contribution in [1.29, 1.82) is 0 Å². The molecule has 24 heavy (non-hydrogen) atoms. The van der Waals surface area contributed by atoms with Crippen LogP contribution in [0.1, 0.15) is 41.8 Å². The highest BCUT2D eigenvalue weighted by Crippen LogP contribution is 2.30. The van der Waals surface area contributed by atoms with Gasteiger partial charge in [0.15, 0.2) is 0 Å². The van der Waals surface area contributed by atoms with E-state index in [2.05, 4.69) is 46.6 Å². The number of hydrogen-bond acceptors (Lipinski definition) is 2. The topological polar surface area (TPSA) is 32.3 Å². The van der Waals surface area contributed by atoms with E-state index in [9.17, 15) is 4.79 Å². The Kier molecular flexibility index (Phi) is 5.19. The van der Waals surface area contributed by atoms with Gasteiger partial charge in [0.2, 0.25) is 0 Å². The Bertz CT molecular complexity index is 694. The third-order valence-electron chi connectivity index (χ3n) is 4.52. The van der Waals surface area contributed by atoms with Gasteiger partial charge >= 0.3 is 0 Å². The second-order valence-corrected chi connectivity index (χ2v) is 6.76. The molecule has 2 aromatic carbocycles. The number of fused-ring (bicyclic) bond motifs is 1. The van der Waals surface area contributed by atoms with Gasteiger partial charge in [-0.3, -0.25) is 4.79 Å². The zero-order valence-electron chi connectivity index (χ0n) is 14.6. The summed E-state index contributed by atoms with van der Waals surface area (Å²) in [5, 5.41) is 3.02. The van der Waals surface area contributed by atoms with E-state index in [-0.39, 0.29) is 11.9 Å². The lowest BCUT2D eigenvalue weighted by Gasteiger charge is -2.32. The number of nitrogens with one attached hydrogen (secondary N) is 1. The van der Waals surface area contributed by atoms with Crippen LogP contribution in [-0.4, -0.2) is 25.0 Å². The van der Waals surface area contributed by atoms with Crippen molar-refractivity contribution in [2.45, 2.75) is 39.2 Å². The van der Waals surface area contributed by atoms with Gasteiger partial charge in [-0.05, 0) is 56.4 Å². The molecule has 0 spiro atoms. The first kappa shape index (κ1) is 16.6. The van der Waals surface area contributed by atoms with Crippen molar-refractivity contribution >= 4 is 11.6 Å². The van der Waals surface area contributed by atoms with Gasteiger partial charge < -0.3 is 10.2 Å². The fraction of sp³-hybridized carbons (Fsp3) is 0.381. The van der Waals surface area contributed by atoms with Crippen LogP contribution in [0.4, 0.5) is 5.69 Å². The normalized spacial score (nSPS) is 13.7. The van der Waals surface area contributed by atoms with E-state index in [1.54, 1.807) is 0 Å². The molecule has 0 atom stereocenters. The maximum atomic E-state index is 12.5. The molecule has 0 unspecified atom stereocenters. The second-order valence-electron chi connectivity index (χ2n) is 6.76. The first-order valence-electron chi connectivity index (χ1n) is 8.87. The Balaban J connectivity index is 1.79. The minimum absolute atomic E-state index is 0.0479. The van der Waals surface area contributed by atoms with Crippen LogP contribution in [0.5, 0.6) is 0 Å². The third kappa shape index (κ3) is 3.78. The molecule has 3 heteroatoms. The highest BCUT2D eigenvalue weighted by molar-refractivity contribution is 5.97. The summed E-state index contributed by atoms with van der Waals surface area (Å²) >= 11 is 0. The van der Waals surface area contributed by atoms with Crippen LogP contribution >= 0.6 is 0 Å². The molecule has 0 saturated carbocycles. The van der Waals surface area contributed by atoms with Crippen molar-refractivity contribution < 1.29 is 4.79 Å². The van der Waals surface area contributed by atoms with Crippen molar-refractivity contribution in [3.05, 3.63) is 65.2 Å². The highest BCUT2D eigenvalue weighted by Gasteiger charge is 2.22. The van der Waals surface area contributed by atoms with Crippen LogP contribution in [0, 0.1) is 0 Å². The van der Waals surface area contributed by atoms with E-state index in [1.165, 1.54) is 16.8 Å². The predicted molar refractivity (Wildman–Crippen MR) is 99.7 cm³/mol. The van der Waals surface area contributed by atoms with E-state index in [4.69, 9.17) is 0 Å². The number of rotatable bonds is 5. The van der Waals surface area contributed by atoms with E-state index in [1.807, 2.05) is 26.0 Å². The average Bonchev–Trinajstić information content (AvgIpc) is 2.59. The lowest BCUT2D eigenvalue weighted by atomic mass is 9.95. The van der Waals surface area contributed by atoms with Gasteiger partial charge in [-0.1, -0.05) is 36.4 Å². The number of benzene rings is 2. The molecular formula is C21H26N2O. The van der Waals surface area contributed by atoms with Crippen molar-refractivity contribution in [2.24, 2.45) is 0 Å². The summed E-state index contributed by atoms with van der Waals surface area (Å²) in [4.78, 5) is 14.9. The number of hydrogen-bond donors (Lipinski definition) is 1. The zero-order valence-corrected chi connectivity index (χ0v) is 14.6. The summed E-state index contributed by atoms with van der Waals surface area (Å²) in [5.41, 5.74) is 4.63. The number of anilines is 1. The summed E-state index contributed by atoms with van der Waals surface area (Å²) in [6.45, 7) is 6.06. The van der Waals surface area contributed by atoms with Gasteiger partial charge in [0, 0.05) is 30.4 Å². The fourth-order valence-corrected chi connectivity index (χ4v) is 3.39. The quantitative estimate of drug-likeness (QED) is 0.907. The van der Waals surface area contributed by atoms with Crippen LogP contribution in [0.15, 0.2) is 48.5 Å². The molecule has 1 heterocycles. The molecule has 3 nitrogen and oxygen atoms in total. The van der Waals surface area contributed by atoms with Gasteiger partial charge in [-0.25, -0.2) is 0 Å². The van der Waals surface area contributed by atoms with Gasteiger partial charge in [0.05, 0.1) is 0 Å². The van der Waals surface area contributed by atoms with Gasteiger partial charge in [-0.2, -0.15) is 0 Å². The standard InChI is InChI=1S/C21H26N2O/c1-16(2)22-21(24)19-10-6-12-20-18(19)11-7-14-23(20)15-13-17-8-4-3-5-9-17/h3-6,8-10,12,16H,7,11,13-15H2,1-2H3,(H,22,24). The molecule has 1 aliphatic rings. The SMILES string of the molecule is CC(C)NC(=O)c1cccc2c1CCCN2CCc1ccccc1. The van der Waals surface area contributed by atoms with E-state index >= 15 is 0 Å².